The molecule has 0 heterocycles. The largest absolute Gasteiger partial charge is 0.716 e. The fraction of sp³-hybridized carbons (Fsp3) is 0.929. The summed E-state index contributed by atoms with van der Waals surface area (Å²) >= 11 is 0. The molecule has 0 radical (unpaired) electrons. The van der Waals surface area contributed by atoms with Crippen LogP contribution in [0.1, 0.15) is 34.1 Å². The van der Waals surface area contributed by atoms with Gasteiger partial charge in [-0.1, -0.05) is 13.8 Å². The number of carbonyl (C=O) groups is 1. The molecule has 0 fully saturated rings. The summed E-state index contributed by atoms with van der Waals surface area (Å²) in [6, 6.07) is 0. The van der Waals surface area contributed by atoms with Gasteiger partial charge >= 0.3 is 13.6 Å². The molecule has 1 N–H and O–H groups in total. The zero-order valence-corrected chi connectivity index (χ0v) is 15.4. The molecule has 0 aliphatic carbocycles. The summed E-state index contributed by atoms with van der Waals surface area (Å²) in [5.74, 6) is -0.0320. The summed E-state index contributed by atoms with van der Waals surface area (Å²) in [6.07, 6.45) is 0.215. The first-order valence-electron chi connectivity index (χ1n) is 7.47. The molecular formula is C14H30NO6P. The average Bonchev–Trinajstić information content (AvgIpc) is 2.37. The number of carbonyl (C=O) groups excluding carboxylic acids is 1. The predicted molar refractivity (Wildman–Crippen MR) is 81.8 cm³/mol. The topological polar surface area (TPSA) is 95.9 Å². The van der Waals surface area contributed by atoms with E-state index < -0.39 is 13.0 Å². The lowest BCUT2D eigenvalue weighted by molar-refractivity contribution is -0.890. The van der Waals surface area contributed by atoms with Crippen molar-refractivity contribution in [1.29, 1.82) is 0 Å². The van der Waals surface area contributed by atoms with E-state index in [0.717, 1.165) is 0 Å². The van der Waals surface area contributed by atoms with Crippen molar-refractivity contribution in [2.75, 3.05) is 40.0 Å². The number of likely N-dealkylation sites (N-methyl/N-ethyl adjacent to an activating group) is 1. The van der Waals surface area contributed by atoms with Crippen LogP contribution < -0.4 is 5.26 Å². The summed E-state index contributed by atoms with van der Waals surface area (Å²) < 4.78 is 20.3. The van der Waals surface area contributed by atoms with Crippen LogP contribution in [0, 0.1) is 11.3 Å². The van der Waals surface area contributed by atoms with Gasteiger partial charge in [0, 0.05) is 6.42 Å². The van der Waals surface area contributed by atoms with Gasteiger partial charge in [0.15, 0.2) is 0 Å². The first-order valence-corrected chi connectivity index (χ1v) is 9.23. The SMILES string of the molecule is CC(C)C(C)(C)C(=O)OCC[N+](C)(C)CCCP(=O)(O)O[O-]. The molecule has 0 aromatic rings. The molecule has 7 nitrogen and oxygen atoms in total. The molecule has 1 atom stereocenters. The smallest absolute Gasteiger partial charge is 0.319 e. The maximum absolute atomic E-state index is 12.0. The molecule has 0 aliphatic heterocycles. The van der Waals surface area contributed by atoms with Crippen LogP contribution >= 0.6 is 7.60 Å². The Bertz CT molecular complexity index is 408. The van der Waals surface area contributed by atoms with Crippen LogP contribution in [0.3, 0.4) is 0 Å². The summed E-state index contributed by atoms with van der Waals surface area (Å²) in [6.45, 7) is 9.15. The highest BCUT2D eigenvalue weighted by atomic mass is 31.2. The van der Waals surface area contributed by atoms with Crippen LogP contribution in [-0.4, -0.2) is 55.3 Å². The van der Waals surface area contributed by atoms with E-state index in [-0.39, 0.29) is 24.7 Å². The van der Waals surface area contributed by atoms with Crippen molar-refractivity contribution in [2.24, 2.45) is 11.3 Å². The zero-order valence-electron chi connectivity index (χ0n) is 14.5. The summed E-state index contributed by atoms with van der Waals surface area (Å²) in [5.41, 5.74) is -0.522. The number of hydrogen-bond acceptors (Lipinski definition) is 5. The molecule has 0 saturated heterocycles. The van der Waals surface area contributed by atoms with E-state index in [4.69, 9.17) is 9.63 Å². The fourth-order valence-corrected chi connectivity index (χ4v) is 2.27. The normalized spacial score (nSPS) is 15.7. The minimum absolute atomic E-state index is 0.168. The Morgan fingerprint density at radius 2 is 1.86 bits per heavy atom. The Kier molecular flexibility index (Phi) is 8.23. The van der Waals surface area contributed by atoms with Gasteiger partial charge in [-0.2, -0.15) is 0 Å². The van der Waals surface area contributed by atoms with Gasteiger partial charge in [-0.3, -0.25) is 9.36 Å². The van der Waals surface area contributed by atoms with E-state index in [2.05, 4.69) is 4.67 Å². The summed E-state index contributed by atoms with van der Waals surface area (Å²) in [5, 5.41) is 10.0. The molecule has 0 rings (SSSR count). The molecular weight excluding hydrogens is 309 g/mol. The maximum atomic E-state index is 12.0. The van der Waals surface area contributed by atoms with Gasteiger partial charge in [-0.05, 0) is 19.8 Å². The highest BCUT2D eigenvalue weighted by molar-refractivity contribution is 7.52. The Labute approximate surface area is 133 Å². The van der Waals surface area contributed by atoms with Gasteiger partial charge in [0.1, 0.15) is 13.2 Å². The number of rotatable bonds is 10. The lowest BCUT2D eigenvalue weighted by Crippen LogP contribution is -2.44. The van der Waals surface area contributed by atoms with Gasteiger partial charge in [-0.25, -0.2) is 0 Å². The average molecular weight is 339 g/mol. The second kappa shape index (κ2) is 8.41. The number of ether oxygens (including phenoxy) is 1. The zero-order chi connectivity index (χ0) is 17.6. The van der Waals surface area contributed by atoms with Crippen LogP contribution in [-0.2, 0) is 18.8 Å². The lowest BCUT2D eigenvalue weighted by Gasteiger charge is -2.31. The van der Waals surface area contributed by atoms with Gasteiger partial charge in [0.2, 0.25) is 0 Å². The van der Waals surface area contributed by atoms with Crippen LogP contribution in [0.25, 0.3) is 0 Å². The molecule has 0 saturated carbocycles. The van der Waals surface area contributed by atoms with Crippen LogP contribution in [0.2, 0.25) is 0 Å². The molecule has 0 aliphatic rings. The molecule has 0 bridgehead atoms. The second-order valence-electron chi connectivity index (χ2n) is 7.18. The monoisotopic (exact) mass is 339 g/mol. The molecule has 8 heteroatoms. The van der Waals surface area contributed by atoms with Crippen LogP contribution in [0.5, 0.6) is 0 Å². The van der Waals surface area contributed by atoms with E-state index in [1.165, 1.54) is 0 Å². The number of esters is 1. The maximum Gasteiger partial charge on any atom is 0.319 e. The molecule has 22 heavy (non-hydrogen) atoms. The number of hydrogen-bond donors (Lipinski definition) is 1. The van der Waals surface area contributed by atoms with Gasteiger partial charge in [0.05, 0.1) is 32.2 Å². The minimum Gasteiger partial charge on any atom is -0.716 e. The predicted octanol–water partition coefficient (Wildman–Crippen LogP) is 1.16. The van der Waals surface area contributed by atoms with Gasteiger partial charge in [0.25, 0.3) is 0 Å². The minimum atomic E-state index is -3.99. The third-order valence-electron chi connectivity index (χ3n) is 4.22. The lowest BCUT2D eigenvalue weighted by atomic mass is 9.81. The van der Waals surface area contributed by atoms with E-state index in [1.807, 2.05) is 41.8 Å². The number of quaternary nitrogens is 1. The first kappa shape index (κ1) is 21.5. The van der Waals surface area contributed by atoms with Crippen molar-refractivity contribution in [3.8, 4) is 0 Å². The highest BCUT2D eigenvalue weighted by Crippen LogP contribution is 2.39. The van der Waals surface area contributed by atoms with Gasteiger partial charge < -0.3 is 24.0 Å². The molecule has 132 valence electrons. The fourth-order valence-electron chi connectivity index (χ4n) is 1.65. The Hall–Kier alpha value is -0.460. The van der Waals surface area contributed by atoms with Crippen molar-refractivity contribution in [1.82, 2.24) is 0 Å². The Morgan fingerprint density at radius 1 is 1.32 bits per heavy atom. The third-order valence-corrected chi connectivity index (χ3v) is 5.33. The van der Waals surface area contributed by atoms with Crippen molar-refractivity contribution >= 4 is 13.6 Å². The van der Waals surface area contributed by atoms with E-state index in [0.29, 0.717) is 24.0 Å². The molecule has 0 aromatic carbocycles. The van der Waals surface area contributed by atoms with Crippen molar-refractivity contribution in [3.63, 3.8) is 0 Å². The van der Waals surface area contributed by atoms with E-state index in [1.54, 1.807) is 0 Å². The highest BCUT2D eigenvalue weighted by Gasteiger charge is 2.33. The van der Waals surface area contributed by atoms with E-state index >= 15 is 0 Å². The summed E-state index contributed by atoms with van der Waals surface area (Å²) in [4.78, 5) is 21.1. The van der Waals surface area contributed by atoms with Crippen LogP contribution in [0.4, 0.5) is 0 Å². The Balaban J connectivity index is 4.18. The molecule has 0 aromatic heterocycles. The number of nitrogens with zero attached hydrogens (tertiary/aromatic N) is 1. The standard InChI is InChI=1S/C14H30NO6P/c1-12(2)14(3,4)13(16)20-10-9-15(5,6)8-7-11-22(18,19)21-17/h12H,7-11H2,1-6H3,(H-,17,18,19). The van der Waals surface area contributed by atoms with Gasteiger partial charge in [-0.15, -0.1) is 0 Å². The first-order chi connectivity index (χ1) is 9.84. The second-order valence-corrected chi connectivity index (χ2v) is 9.06. The van der Waals surface area contributed by atoms with Crippen molar-refractivity contribution < 1.29 is 33.4 Å². The van der Waals surface area contributed by atoms with E-state index in [9.17, 15) is 14.6 Å². The molecule has 0 spiro atoms. The quantitative estimate of drug-likeness (QED) is 0.211. The van der Waals surface area contributed by atoms with Crippen LogP contribution in [0.15, 0.2) is 0 Å². The van der Waals surface area contributed by atoms with Crippen molar-refractivity contribution in [3.05, 3.63) is 0 Å². The summed E-state index contributed by atoms with van der Waals surface area (Å²) in [7, 11) is -0.120. The third kappa shape index (κ3) is 7.70. The van der Waals surface area contributed by atoms with Crippen molar-refractivity contribution in [2.45, 2.75) is 34.1 Å². The molecule has 0 amide bonds. The Morgan fingerprint density at radius 3 is 2.32 bits per heavy atom. The molecule has 1 unspecified atom stereocenters.